The largest absolute Gasteiger partial charge is 0.465 e. The topological polar surface area (TPSA) is 104 Å². The number of hydrogen-bond donors (Lipinski definition) is 2. The lowest BCUT2D eigenvalue weighted by atomic mass is 9.83. The molecule has 1 aliphatic heterocycles. The van der Waals surface area contributed by atoms with Crippen LogP contribution in [0, 0.1) is 0 Å². The second kappa shape index (κ2) is 7.40. The number of nitrogens with zero attached hydrogens (tertiary/aromatic N) is 1. The van der Waals surface area contributed by atoms with Gasteiger partial charge in [-0.25, -0.2) is 13.2 Å². The zero-order chi connectivity index (χ0) is 19.7. The lowest BCUT2D eigenvalue weighted by Gasteiger charge is -2.41. The number of benzene rings is 2. The first kappa shape index (κ1) is 19.5. The molecule has 1 fully saturated rings. The molecule has 0 radical (unpaired) electrons. The lowest BCUT2D eigenvalue weighted by Crippen LogP contribution is -2.55. The standard InChI is InChI=1S/C19H21NO6S/c1-26-18(22)15-9-5-6-10-16(15)27(24,25)20-12-11-19(23,17(21)13-20)14-7-3-2-4-8-14/h2-10,17,21,23H,11-13H2,1H3/t17-,19-/m0/s1. The first-order valence-corrected chi connectivity index (χ1v) is 9.88. The first-order valence-electron chi connectivity index (χ1n) is 8.44. The van der Waals surface area contributed by atoms with Crippen molar-refractivity contribution in [2.24, 2.45) is 0 Å². The summed E-state index contributed by atoms with van der Waals surface area (Å²) in [5.74, 6) is -0.757. The average Bonchev–Trinajstić information content (AvgIpc) is 2.70. The smallest absolute Gasteiger partial charge is 0.339 e. The van der Waals surface area contributed by atoms with Gasteiger partial charge in [0.2, 0.25) is 10.0 Å². The van der Waals surface area contributed by atoms with Gasteiger partial charge in [0, 0.05) is 13.1 Å². The molecule has 0 amide bonds. The molecule has 1 saturated heterocycles. The number of carbonyl (C=O) groups is 1. The molecule has 2 N–H and O–H groups in total. The van der Waals surface area contributed by atoms with Crippen LogP contribution in [0.15, 0.2) is 59.5 Å². The van der Waals surface area contributed by atoms with Gasteiger partial charge in [0.05, 0.1) is 17.6 Å². The highest BCUT2D eigenvalue weighted by Gasteiger charge is 2.45. The Bertz CT molecular complexity index is 930. The van der Waals surface area contributed by atoms with Crippen LogP contribution < -0.4 is 0 Å². The van der Waals surface area contributed by atoms with Crippen molar-refractivity contribution in [2.45, 2.75) is 23.0 Å². The van der Waals surface area contributed by atoms with Gasteiger partial charge in [-0.2, -0.15) is 4.31 Å². The monoisotopic (exact) mass is 391 g/mol. The maximum Gasteiger partial charge on any atom is 0.339 e. The highest BCUT2D eigenvalue weighted by atomic mass is 32.2. The van der Waals surface area contributed by atoms with E-state index in [1.807, 2.05) is 0 Å². The average molecular weight is 391 g/mol. The molecule has 1 aliphatic rings. The van der Waals surface area contributed by atoms with Gasteiger partial charge in [0.25, 0.3) is 0 Å². The predicted molar refractivity (Wildman–Crippen MR) is 97.5 cm³/mol. The summed E-state index contributed by atoms with van der Waals surface area (Å²) in [6.45, 7) is -0.288. The summed E-state index contributed by atoms with van der Waals surface area (Å²) in [7, 11) is -2.87. The third-order valence-electron chi connectivity index (χ3n) is 4.85. The van der Waals surface area contributed by atoms with Crippen LogP contribution in [0.3, 0.4) is 0 Å². The zero-order valence-corrected chi connectivity index (χ0v) is 15.6. The first-order chi connectivity index (χ1) is 12.8. The van der Waals surface area contributed by atoms with E-state index in [9.17, 15) is 23.4 Å². The van der Waals surface area contributed by atoms with Gasteiger partial charge in [-0.3, -0.25) is 0 Å². The minimum absolute atomic E-state index is 0.000292. The molecule has 0 unspecified atom stereocenters. The number of piperidine rings is 1. The summed E-state index contributed by atoms with van der Waals surface area (Å²) in [5, 5.41) is 21.4. The summed E-state index contributed by atoms with van der Waals surface area (Å²) in [4.78, 5) is 11.7. The Kier molecular flexibility index (Phi) is 5.34. The molecular formula is C19H21NO6S. The van der Waals surface area contributed by atoms with E-state index in [0.717, 1.165) is 4.31 Å². The fourth-order valence-electron chi connectivity index (χ4n) is 3.29. The van der Waals surface area contributed by atoms with Crippen LogP contribution in [0.2, 0.25) is 0 Å². The maximum atomic E-state index is 13.0. The lowest BCUT2D eigenvalue weighted by molar-refractivity contribution is -0.112. The fraction of sp³-hybridized carbons (Fsp3) is 0.316. The molecule has 0 aliphatic carbocycles. The summed E-state index contributed by atoms with van der Waals surface area (Å²) >= 11 is 0. The fourth-order valence-corrected chi connectivity index (χ4v) is 4.92. The quantitative estimate of drug-likeness (QED) is 0.757. The van der Waals surface area contributed by atoms with Gasteiger partial charge in [-0.05, 0) is 24.1 Å². The van der Waals surface area contributed by atoms with Crippen LogP contribution in [0.25, 0.3) is 0 Å². The van der Waals surface area contributed by atoms with E-state index in [2.05, 4.69) is 4.74 Å². The number of methoxy groups -OCH3 is 1. The molecule has 3 rings (SSSR count). The molecule has 0 bridgehead atoms. The molecule has 0 aromatic heterocycles. The van der Waals surface area contributed by atoms with E-state index in [1.54, 1.807) is 36.4 Å². The molecule has 2 atom stereocenters. The van der Waals surface area contributed by atoms with Gasteiger partial charge in [0.15, 0.2) is 0 Å². The van der Waals surface area contributed by atoms with Crippen molar-refractivity contribution in [1.82, 2.24) is 4.31 Å². The highest BCUT2D eigenvalue weighted by Crippen LogP contribution is 2.35. The molecule has 0 spiro atoms. The molecule has 1 heterocycles. The highest BCUT2D eigenvalue weighted by molar-refractivity contribution is 7.89. The van der Waals surface area contributed by atoms with Crippen LogP contribution in [0.1, 0.15) is 22.3 Å². The Morgan fingerprint density at radius 3 is 2.41 bits per heavy atom. The van der Waals surface area contributed by atoms with E-state index in [-0.39, 0.29) is 30.0 Å². The molecule has 0 saturated carbocycles. The number of sulfonamides is 1. The minimum atomic E-state index is -4.05. The number of ether oxygens (including phenoxy) is 1. The summed E-state index contributed by atoms with van der Waals surface area (Å²) in [5.41, 5.74) is -1.07. The second-order valence-corrected chi connectivity index (χ2v) is 8.31. The van der Waals surface area contributed by atoms with Crippen molar-refractivity contribution >= 4 is 16.0 Å². The Balaban J connectivity index is 1.90. The summed E-state index contributed by atoms with van der Waals surface area (Å²) in [6, 6.07) is 14.4. The molecule has 27 heavy (non-hydrogen) atoms. The van der Waals surface area contributed by atoms with Gasteiger partial charge >= 0.3 is 5.97 Å². The van der Waals surface area contributed by atoms with Crippen molar-refractivity contribution < 1.29 is 28.2 Å². The Morgan fingerprint density at radius 1 is 1.15 bits per heavy atom. The third kappa shape index (κ3) is 3.49. The number of aliphatic hydroxyl groups is 2. The molecule has 8 heteroatoms. The minimum Gasteiger partial charge on any atom is -0.465 e. The molecule has 2 aromatic carbocycles. The van der Waals surface area contributed by atoms with E-state index in [0.29, 0.717) is 5.56 Å². The number of hydrogen-bond acceptors (Lipinski definition) is 6. The van der Waals surface area contributed by atoms with Crippen LogP contribution in [-0.4, -0.2) is 55.2 Å². The van der Waals surface area contributed by atoms with Crippen LogP contribution in [0.4, 0.5) is 0 Å². The van der Waals surface area contributed by atoms with Crippen molar-refractivity contribution in [3.63, 3.8) is 0 Å². The van der Waals surface area contributed by atoms with Gasteiger partial charge in [-0.1, -0.05) is 42.5 Å². The van der Waals surface area contributed by atoms with Crippen LogP contribution >= 0.6 is 0 Å². The SMILES string of the molecule is COC(=O)c1ccccc1S(=O)(=O)N1CC[C@](O)(c2ccccc2)[C@@H](O)C1. The van der Waals surface area contributed by atoms with E-state index >= 15 is 0 Å². The van der Waals surface area contributed by atoms with Crippen LogP contribution in [-0.2, 0) is 20.4 Å². The molecule has 2 aromatic rings. The summed E-state index contributed by atoms with van der Waals surface area (Å²) < 4.78 is 31.8. The maximum absolute atomic E-state index is 13.0. The number of esters is 1. The van der Waals surface area contributed by atoms with E-state index < -0.39 is 27.7 Å². The van der Waals surface area contributed by atoms with Crippen molar-refractivity contribution in [1.29, 1.82) is 0 Å². The Labute approximate surface area is 157 Å². The zero-order valence-electron chi connectivity index (χ0n) is 14.8. The normalized spacial score (nSPS) is 23.7. The number of rotatable bonds is 4. The van der Waals surface area contributed by atoms with Crippen molar-refractivity contribution in [2.75, 3.05) is 20.2 Å². The van der Waals surface area contributed by atoms with Crippen LogP contribution in [0.5, 0.6) is 0 Å². The van der Waals surface area contributed by atoms with Crippen molar-refractivity contribution in [3.8, 4) is 0 Å². The number of β-amino-alcohol motifs (C(OH)–C–C–N with tert-alkyl or cyclic N) is 1. The number of carbonyl (C=O) groups excluding carboxylic acids is 1. The predicted octanol–water partition coefficient (Wildman–Crippen LogP) is 1.12. The van der Waals surface area contributed by atoms with Gasteiger partial charge in [-0.15, -0.1) is 0 Å². The van der Waals surface area contributed by atoms with E-state index in [4.69, 9.17) is 0 Å². The van der Waals surface area contributed by atoms with Gasteiger partial charge in [0.1, 0.15) is 11.7 Å². The summed E-state index contributed by atoms with van der Waals surface area (Å²) in [6.07, 6.45) is -1.29. The third-order valence-corrected chi connectivity index (χ3v) is 6.78. The van der Waals surface area contributed by atoms with Gasteiger partial charge < -0.3 is 14.9 Å². The molecule has 144 valence electrons. The Hall–Kier alpha value is -2.26. The number of aliphatic hydroxyl groups excluding tert-OH is 1. The molecule has 7 nitrogen and oxygen atoms in total. The van der Waals surface area contributed by atoms with E-state index in [1.165, 1.54) is 25.3 Å². The Morgan fingerprint density at radius 2 is 1.78 bits per heavy atom. The second-order valence-electron chi connectivity index (χ2n) is 6.41. The molecular weight excluding hydrogens is 370 g/mol. The van der Waals surface area contributed by atoms with Crippen molar-refractivity contribution in [3.05, 3.63) is 65.7 Å².